The minimum atomic E-state index is -1.02. The largest absolute Gasteiger partial charge is 0.465 e. The van der Waals surface area contributed by atoms with E-state index in [9.17, 15) is 9.90 Å². The van der Waals surface area contributed by atoms with Crippen molar-refractivity contribution in [2.24, 2.45) is 0 Å². The van der Waals surface area contributed by atoms with E-state index in [1.54, 1.807) is 0 Å². The number of rotatable bonds is 1. The van der Waals surface area contributed by atoms with Crippen molar-refractivity contribution in [1.82, 2.24) is 4.90 Å². The number of nitrogens with zero attached hydrogens (tertiary/aromatic N) is 1. The molecule has 0 aromatic heterocycles. The molecule has 4 nitrogen and oxygen atoms in total. The fourth-order valence-electron chi connectivity index (χ4n) is 2.14. The van der Waals surface area contributed by atoms with Crippen LogP contribution in [-0.4, -0.2) is 34.4 Å². The fraction of sp³-hybridized carbons (Fsp3) is 0.364. The minimum absolute atomic E-state index is 0.432. The summed E-state index contributed by atoms with van der Waals surface area (Å²) in [7, 11) is 1.48. The Morgan fingerprint density at radius 2 is 2.13 bits per heavy atom. The molecule has 1 aliphatic rings. The maximum Gasteiger partial charge on any atom is 0.407 e. The first-order valence-electron chi connectivity index (χ1n) is 4.83. The third kappa shape index (κ3) is 1.57. The summed E-state index contributed by atoms with van der Waals surface area (Å²) < 4.78 is 0. The van der Waals surface area contributed by atoms with Crippen molar-refractivity contribution in [2.45, 2.75) is 18.6 Å². The summed E-state index contributed by atoms with van der Waals surface area (Å²) in [5, 5.41) is 18.7. The molecule has 80 valence electrons. The second-order valence-electron chi connectivity index (χ2n) is 3.81. The van der Waals surface area contributed by atoms with Crippen LogP contribution in [0.2, 0.25) is 0 Å². The first kappa shape index (κ1) is 9.98. The van der Waals surface area contributed by atoms with Crippen molar-refractivity contribution < 1.29 is 15.0 Å². The van der Waals surface area contributed by atoms with E-state index in [0.29, 0.717) is 6.42 Å². The maximum atomic E-state index is 10.9. The summed E-state index contributed by atoms with van der Waals surface area (Å²) in [6.07, 6.45) is -1.13. The Kier molecular flexibility index (Phi) is 2.36. The topological polar surface area (TPSA) is 60.8 Å². The highest BCUT2D eigenvalue weighted by Crippen LogP contribution is 2.34. The molecule has 1 aromatic rings. The smallest absolute Gasteiger partial charge is 0.407 e. The minimum Gasteiger partial charge on any atom is -0.465 e. The van der Waals surface area contributed by atoms with Crippen LogP contribution in [-0.2, 0) is 6.42 Å². The quantitative estimate of drug-likeness (QED) is 0.728. The van der Waals surface area contributed by atoms with Crippen LogP contribution in [0.5, 0.6) is 0 Å². The molecule has 4 heteroatoms. The summed E-state index contributed by atoms with van der Waals surface area (Å²) in [6, 6.07) is 7.12. The maximum absolute atomic E-state index is 10.9. The van der Waals surface area contributed by atoms with Crippen LogP contribution >= 0.6 is 0 Å². The van der Waals surface area contributed by atoms with Crippen LogP contribution < -0.4 is 0 Å². The number of carboxylic acid groups (broad SMARTS) is 1. The van der Waals surface area contributed by atoms with E-state index in [-0.39, 0.29) is 0 Å². The zero-order valence-corrected chi connectivity index (χ0v) is 8.42. The van der Waals surface area contributed by atoms with Gasteiger partial charge in [0.2, 0.25) is 0 Å². The number of amides is 1. The van der Waals surface area contributed by atoms with Gasteiger partial charge in [-0.05, 0) is 11.1 Å². The van der Waals surface area contributed by atoms with Gasteiger partial charge in [-0.25, -0.2) is 4.79 Å². The van der Waals surface area contributed by atoms with Crippen molar-refractivity contribution >= 4 is 6.09 Å². The summed E-state index contributed by atoms with van der Waals surface area (Å²) in [5.41, 5.74) is 1.94. The zero-order valence-electron chi connectivity index (χ0n) is 8.42. The number of hydrogen-bond donors (Lipinski definition) is 2. The molecule has 2 N–H and O–H groups in total. The first-order valence-corrected chi connectivity index (χ1v) is 4.83. The Balaban J connectivity index is 2.37. The van der Waals surface area contributed by atoms with Crippen molar-refractivity contribution in [3.05, 3.63) is 35.4 Å². The Hall–Kier alpha value is -1.55. The fourth-order valence-corrected chi connectivity index (χ4v) is 2.14. The number of carbonyl (C=O) groups is 1. The molecule has 0 saturated heterocycles. The first-order chi connectivity index (χ1) is 7.11. The molecule has 0 fully saturated rings. The van der Waals surface area contributed by atoms with E-state index in [2.05, 4.69) is 0 Å². The number of aliphatic hydroxyl groups excluding tert-OH is 1. The number of fused-ring (bicyclic) bond motifs is 1. The van der Waals surface area contributed by atoms with Gasteiger partial charge in [-0.15, -0.1) is 0 Å². The molecule has 1 amide bonds. The van der Waals surface area contributed by atoms with Gasteiger partial charge < -0.3 is 15.1 Å². The van der Waals surface area contributed by atoms with Gasteiger partial charge in [-0.3, -0.25) is 0 Å². The van der Waals surface area contributed by atoms with Crippen LogP contribution in [0.4, 0.5) is 4.79 Å². The number of hydrogen-bond acceptors (Lipinski definition) is 2. The number of aliphatic hydroxyl groups is 1. The van der Waals surface area contributed by atoms with Crippen molar-refractivity contribution in [3.63, 3.8) is 0 Å². The second kappa shape index (κ2) is 3.55. The van der Waals surface area contributed by atoms with Gasteiger partial charge in [0, 0.05) is 13.5 Å². The predicted octanol–water partition coefficient (Wildman–Crippen LogP) is 1.25. The van der Waals surface area contributed by atoms with Crippen molar-refractivity contribution in [1.29, 1.82) is 0 Å². The summed E-state index contributed by atoms with van der Waals surface area (Å²) in [6.45, 7) is 0. The highest BCUT2D eigenvalue weighted by atomic mass is 16.4. The predicted molar refractivity (Wildman–Crippen MR) is 54.7 cm³/mol. The molecule has 2 rings (SSSR count). The van der Waals surface area contributed by atoms with Crippen LogP contribution in [0.1, 0.15) is 17.2 Å². The van der Waals surface area contributed by atoms with E-state index in [4.69, 9.17) is 5.11 Å². The molecule has 1 aliphatic carbocycles. The number of likely N-dealkylation sites (N-methyl/N-ethyl adjacent to an activating group) is 1. The normalized spacial score (nSPS) is 23.6. The second-order valence-corrected chi connectivity index (χ2v) is 3.81. The van der Waals surface area contributed by atoms with Crippen LogP contribution in [0.15, 0.2) is 24.3 Å². The average Bonchev–Trinajstić information content (AvgIpc) is 2.52. The Bertz CT molecular complexity index is 391. The molecule has 2 atom stereocenters. The van der Waals surface area contributed by atoms with Crippen molar-refractivity contribution in [2.75, 3.05) is 7.05 Å². The molecule has 0 aliphatic heterocycles. The molecular weight excluding hydrogens is 194 g/mol. The van der Waals surface area contributed by atoms with Gasteiger partial charge >= 0.3 is 6.09 Å². The van der Waals surface area contributed by atoms with Gasteiger partial charge in [0.25, 0.3) is 0 Å². The van der Waals surface area contributed by atoms with Gasteiger partial charge in [-0.2, -0.15) is 0 Å². The van der Waals surface area contributed by atoms with E-state index in [1.165, 1.54) is 7.05 Å². The van der Waals surface area contributed by atoms with Gasteiger partial charge in [0.15, 0.2) is 0 Å². The van der Waals surface area contributed by atoms with Gasteiger partial charge in [0.1, 0.15) is 0 Å². The third-order valence-electron chi connectivity index (χ3n) is 2.89. The molecule has 15 heavy (non-hydrogen) atoms. The molecule has 0 heterocycles. The van der Waals surface area contributed by atoms with Crippen LogP contribution in [0.25, 0.3) is 0 Å². The van der Waals surface area contributed by atoms with Crippen molar-refractivity contribution in [3.8, 4) is 0 Å². The lowest BCUT2D eigenvalue weighted by Gasteiger charge is -2.25. The average molecular weight is 207 g/mol. The molecule has 0 bridgehead atoms. The highest BCUT2D eigenvalue weighted by molar-refractivity contribution is 5.66. The van der Waals surface area contributed by atoms with Gasteiger partial charge in [0.05, 0.1) is 12.1 Å². The van der Waals surface area contributed by atoms with E-state index >= 15 is 0 Å². The molecule has 0 radical (unpaired) electrons. The molecular formula is C11H13NO3. The third-order valence-corrected chi connectivity index (χ3v) is 2.89. The highest BCUT2D eigenvalue weighted by Gasteiger charge is 2.35. The lowest BCUT2D eigenvalue weighted by atomic mass is 10.1. The monoisotopic (exact) mass is 207 g/mol. The molecule has 1 aromatic carbocycles. The Morgan fingerprint density at radius 1 is 1.47 bits per heavy atom. The zero-order chi connectivity index (χ0) is 11.0. The van der Waals surface area contributed by atoms with Crippen LogP contribution in [0, 0.1) is 0 Å². The summed E-state index contributed by atoms with van der Waals surface area (Å²) in [5.74, 6) is 0. The summed E-state index contributed by atoms with van der Waals surface area (Å²) in [4.78, 5) is 12.0. The van der Waals surface area contributed by atoms with Crippen LogP contribution in [0.3, 0.4) is 0 Å². The van der Waals surface area contributed by atoms with Gasteiger partial charge in [-0.1, -0.05) is 24.3 Å². The SMILES string of the molecule is CN(C(=O)O)[C@@H]1c2ccccc2C[C@@H]1O. The lowest BCUT2D eigenvalue weighted by Crippen LogP contribution is -2.34. The Morgan fingerprint density at radius 3 is 2.80 bits per heavy atom. The lowest BCUT2D eigenvalue weighted by molar-refractivity contribution is 0.0703. The molecule has 0 unspecified atom stereocenters. The van der Waals surface area contributed by atoms with E-state index in [1.807, 2.05) is 24.3 Å². The van der Waals surface area contributed by atoms with E-state index in [0.717, 1.165) is 16.0 Å². The Labute approximate surface area is 87.8 Å². The molecule has 0 spiro atoms. The number of benzene rings is 1. The molecule has 0 saturated carbocycles. The van der Waals surface area contributed by atoms with E-state index < -0.39 is 18.2 Å². The summed E-state index contributed by atoms with van der Waals surface area (Å²) >= 11 is 0. The standard InChI is InChI=1S/C11H13NO3/c1-12(11(14)15)10-8-5-3-2-4-7(8)6-9(10)13/h2-5,9-10,13H,6H2,1H3,(H,14,15)/t9-,10+/m0/s1.